The van der Waals surface area contributed by atoms with Crippen molar-refractivity contribution in [2.45, 2.75) is 32.3 Å². The Hall–Kier alpha value is -1.78. The summed E-state index contributed by atoms with van der Waals surface area (Å²) in [5, 5.41) is 0. The highest BCUT2D eigenvalue weighted by molar-refractivity contribution is 5.97. The first-order chi connectivity index (χ1) is 9.06. The first-order valence-corrected chi connectivity index (χ1v) is 6.00. The number of allylic oxidation sites excluding steroid dienone is 2. The van der Waals surface area contributed by atoms with E-state index in [0.29, 0.717) is 24.8 Å². The van der Waals surface area contributed by atoms with Gasteiger partial charge >= 0.3 is 6.61 Å². The van der Waals surface area contributed by atoms with Gasteiger partial charge < -0.3 is 4.74 Å². The molecule has 1 aliphatic carbocycles. The van der Waals surface area contributed by atoms with Crippen molar-refractivity contribution < 1.29 is 22.7 Å². The van der Waals surface area contributed by atoms with Gasteiger partial charge in [-0.2, -0.15) is 8.78 Å². The SMILES string of the molecule is O=C1CCCC(OC(F)F)=C1Cc1cccc(F)c1. The van der Waals surface area contributed by atoms with E-state index in [2.05, 4.69) is 4.74 Å². The summed E-state index contributed by atoms with van der Waals surface area (Å²) < 4.78 is 42.1. The summed E-state index contributed by atoms with van der Waals surface area (Å²) in [6.45, 7) is -2.94. The molecule has 0 fully saturated rings. The second kappa shape index (κ2) is 5.91. The van der Waals surface area contributed by atoms with E-state index in [9.17, 15) is 18.0 Å². The van der Waals surface area contributed by atoms with Crippen LogP contribution in [-0.4, -0.2) is 12.4 Å². The molecule has 2 nitrogen and oxygen atoms in total. The Morgan fingerprint density at radius 2 is 2.05 bits per heavy atom. The van der Waals surface area contributed by atoms with Gasteiger partial charge in [0, 0.05) is 24.8 Å². The van der Waals surface area contributed by atoms with E-state index in [4.69, 9.17) is 0 Å². The Morgan fingerprint density at radius 1 is 1.26 bits per heavy atom. The Kier molecular flexibility index (Phi) is 4.24. The summed E-state index contributed by atoms with van der Waals surface area (Å²) in [6.07, 6.45) is 1.27. The molecule has 0 N–H and O–H groups in total. The van der Waals surface area contributed by atoms with Crippen molar-refractivity contribution in [3.05, 3.63) is 47.0 Å². The van der Waals surface area contributed by atoms with Gasteiger partial charge in [-0.25, -0.2) is 4.39 Å². The van der Waals surface area contributed by atoms with Crippen LogP contribution < -0.4 is 0 Å². The van der Waals surface area contributed by atoms with Gasteiger partial charge in [-0.1, -0.05) is 12.1 Å². The first kappa shape index (κ1) is 13.6. The summed E-state index contributed by atoms with van der Waals surface area (Å²) in [7, 11) is 0. The Bertz CT molecular complexity index is 509. The van der Waals surface area contributed by atoms with Crippen molar-refractivity contribution in [1.82, 2.24) is 0 Å². The highest BCUT2D eigenvalue weighted by atomic mass is 19.3. The molecule has 2 rings (SSSR count). The number of alkyl halides is 2. The quantitative estimate of drug-likeness (QED) is 0.835. The van der Waals surface area contributed by atoms with Gasteiger partial charge in [0.2, 0.25) is 0 Å². The fourth-order valence-corrected chi connectivity index (χ4v) is 2.15. The Labute approximate surface area is 108 Å². The van der Waals surface area contributed by atoms with Crippen LogP contribution in [0.25, 0.3) is 0 Å². The second-order valence-electron chi connectivity index (χ2n) is 4.36. The second-order valence-corrected chi connectivity index (χ2v) is 4.36. The molecule has 19 heavy (non-hydrogen) atoms. The predicted octanol–water partition coefficient (Wildman–Crippen LogP) is 3.61. The lowest BCUT2D eigenvalue weighted by molar-refractivity contribution is -0.119. The fraction of sp³-hybridized carbons (Fsp3) is 0.357. The molecule has 0 amide bonds. The molecule has 0 heterocycles. The normalized spacial score (nSPS) is 16.1. The summed E-state index contributed by atoms with van der Waals surface area (Å²) in [4.78, 5) is 11.8. The molecular weight excluding hydrogens is 257 g/mol. The van der Waals surface area contributed by atoms with Gasteiger partial charge in [-0.05, 0) is 24.1 Å². The number of rotatable bonds is 4. The first-order valence-electron chi connectivity index (χ1n) is 6.00. The molecule has 1 aromatic rings. The molecule has 0 aromatic heterocycles. The number of ketones is 1. The van der Waals surface area contributed by atoms with Crippen molar-refractivity contribution in [3.8, 4) is 0 Å². The van der Waals surface area contributed by atoms with Gasteiger partial charge in [-0.3, -0.25) is 4.79 Å². The van der Waals surface area contributed by atoms with Crippen LogP contribution in [0.4, 0.5) is 13.2 Å². The summed E-state index contributed by atoms with van der Waals surface area (Å²) in [5.41, 5.74) is 0.803. The van der Waals surface area contributed by atoms with Crippen molar-refractivity contribution in [2.24, 2.45) is 0 Å². The number of carbonyl (C=O) groups excluding carboxylic acids is 1. The summed E-state index contributed by atoms with van der Waals surface area (Å²) >= 11 is 0. The highest BCUT2D eigenvalue weighted by Crippen LogP contribution is 2.27. The molecule has 0 unspecified atom stereocenters. The van der Waals surface area contributed by atoms with E-state index in [1.165, 1.54) is 18.2 Å². The predicted molar refractivity (Wildman–Crippen MR) is 63.1 cm³/mol. The fourth-order valence-electron chi connectivity index (χ4n) is 2.15. The molecule has 0 bridgehead atoms. The van der Waals surface area contributed by atoms with Gasteiger partial charge in [0.25, 0.3) is 0 Å². The van der Waals surface area contributed by atoms with E-state index < -0.39 is 12.4 Å². The number of benzene rings is 1. The zero-order valence-corrected chi connectivity index (χ0v) is 10.2. The lowest BCUT2D eigenvalue weighted by atomic mass is 9.91. The molecule has 0 aliphatic heterocycles. The van der Waals surface area contributed by atoms with Crippen molar-refractivity contribution in [1.29, 1.82) is 0 Å². The third kappa shape index (κ3) is 3.59. The average molecular weight is 270 g/mol. The molecule has 102 valence electrons. The minimum Gasteiger partial charge on any atom is -0.439 e. The van der Waals surface area contributed by atoms with Crippen LogP contribution in [0.2, 0.25) is 0 Å². The van der Waals surface area contributed by atoms with Crippen LogP contribution in [-0.2, 0) is 16.0 Å². The largest absolute Gasteiger partial charge is 0.439 e. The molecular formula is C14H13F3O2. The van der Waals surface area contributed by atoms with E-state index >= 15 is 0 Å². The minimum atomic E-state index is -2.94. The standard InChI is InChI=1S/C14H13F3O2/c15-10-4-1-3-9(7-10)8-11-12(18)5-2-6-13(11)19-14(16)17/h1,3-4,7,14H,2,5-6,8H2. The molecule has 0 saturated heterocycles. The zero-order chi connectivity index (χ0) is 13.8. The Morgan fingerprint density at radius 3 is 2.74 bits per heavy atom. The van der Waals surface area contributed by atoms with Gasteiger partial charge in [-0.15, -0.1) is 0 Å². The van der Waals surface area contributed by atoms with Gasteiger partial charge in [0.15, 0.2) is 5.78 Å². The molecule has 0 radical (unpaired) electrons. The number of halogens is 3. The van der Waals surface area contributed by atoms with Crippen molar-refractivity contribution in [3.63, 3.8) is 0 Å². The molecule has 1 aliphatic rings. The van der Waals surface area contributed by atoms with E-state index in [-0.39, 0.29) is 23.5 Å². The van der Waals surface area contributed by atoms with E-state index in [1.807, 2.05) is 0 Å². The number of hydrogen-bond donors (Lipinski definition) is 0. The number of hydrogen-bond acceptors (Lipinski definition) is 2. The van der Waals surface area contributed by atoms with E-state index in [1.54, 1.807) is 6.07 Å². The lowest BCUT2D eigenvalue weighted by Crippen LogP contribution is -2.17. The molecule has 0 saturated carbocycles. The van der Waals surface area contributed by atoms with Crippen LogP contribution in [0.5, 0.6) is 0 Å². The van der Waals surface area contributed by atoms with Crippen molar-refractivity contribution in [2.75, 3.05) is 0 Å². The summed E-state index contributed by atoms with van der Waals surface area (Å²) in [6, 6.07) is 5.75. The van der Waals surface area contributed by atoms with Crippen LogP contribution in [0, 0.1) is 5.82 Å². The third-order valence-electron chi connectivity index (χ3n) is 2.98. The zero-order valence-electron chi connectivity index (χ0n) is 10.2. The molecule has 0 spiro atoms. The number of carbonyl (C=O) groups is 1. The average Bonchev–Trinajstić information content (AvgIpc) is 2.33. The van der Waals surface area contributed by atoms with Gasteiger partial charge in [0.05, 0.1) is 0 Å². The topological polar surface area (TPSA) is 26.3 Å². The summed E-state index contributed by atoms with van der Waals surface area (Å²) in [5.74, 6) is -0.584. The van der Waals surface area contributed by atoms with E-state index in [0.717, 1.165) is 0 Å². The smallest absolute Gasteiger partial charge is 0.387 e. The number of ether oxygens (including phenoxy) is 1. The van der Waals surface area contributed by atoms with Crippen LogP contribution in [0.1, 0.15) is 24.8 Å². The molecule has 1 aromatic carbocycles. The third-order valence-corrected chi connectivity index (χ3v) is 2.98. The van der Waals surface area contributed by atoms with Crippen LogP contribution >= 0.6 is 0 Å². The highest BCUT2D eigenvalue weighted by Gasteiger charge is 2.24. The van der Waals surface area contributed by atoms with Crippen LogP contribution in [0.3, 0.4) is 0 Å². The monoisotopic (exact) mass is 270 g/mol. The maximum absolute atomic E-state index is 13.1. The van der Waals surface area contributed by atoms with Crippen molar-refractivity contribution >= 4 is 5.78 Å². The molecule has 0 atom stereocenters. The van der Waals surface area contributed by atoms with Gasteiger partial charge in [0.1, 0.15) is 11.6 Å². The molecule has 5 heteroatoms. The number of Topliss-reactive ketones (excluding diaryl/α,β-unsaturated/α-hetero) is 1. The Balaban J connectivity index is 2.26. The lowest BCUT2D eigenvalue weighted by Gasteiger charge is -2.19. The minimum absolute atomic E-state index is 0.0375. The maximum Gasteiger partial charge on any atom is 0.387 e. The van der Waals surface area contributed by atoms with Crippen LogP contribution in [0.15, 0.2) is 35.6 Å². The maximum atomic E-state index is 13.1.